The molecule has 1 aliphatic rings. The van der Waals surface area contributed by atoms with Crippen molar-refractivity contribution in [1.29, 1.82) is 0 Å². The van der Waals surface area contributed by atoms with E-state index in [1.165, 1.54) is 5.56 Å². The normalized spacial score (nSPS) is 17.4. The van der Waals surface area contributed by atoms with Gasteiger partial charge in [0.05, 0.1) is 6.04 Å². The molecule has 1 aromatic carbocycles. The van der Waals surface area contributed by atoms with Crippen LogP contribution in [0.2, 0.25) is 0 Å². The van der Waals surface area contributed by atoms with E-state index in [1.807, 2.05) is 32.0 Å². The minimum Gasteiger partial charge on any atom is -0.350 e. The maximum Gasteiger partial charge on any atom is 0.251 e. The lowest BCUT2D eigenvalue weighted by Gasteiger charge is -2.38. The second kappa shape index (κ2) is 8.13. The van der Waals surface area contributed by atoms with Crippen molar-refractivity contribution in [3.05, 3.63) is 57.3 Å². The van der Waals surface area contributed by atoms with E-state index in [1.54, 1.807) is 11.3 Å². The number of thiophene rings is 1. The molecule has 1 saturated heterocycles. The van der Waals surface area contributed by atoms with Crippen LogP contribution in [0.5, 0.6) is 0 Å². The number of benzene rings is 1. The van der Waals surface area contributed by atoms with Gasteiger partial charge in [-0.05, 0) is 54.9 Å². The Kier molecular flexibility index (Phi) is 5.89. The molecule has 1 aliphatic heterocycles. The molecule has 5 heteroatoms. The number of hydrogen-bond acceptors (Lipinski definition) is 4. The van der Waals surface area contributed by atoms with Crippen LogP contribution in [0.25, 0.3) is 0 Å². The van der Waals surface area contributed by atoms with Crippen LogP contribution in [0.3, 0.4) is 0 Å². The highest BCUT2D eigenvalue weighted by molar-refractivity contribution is 7.07. The molecule has 2 aromatic rings. The lowest BCUT2D eigenvalue weighted by atomic mass is 10.0. The topological polar surface area (TPSA) is 35.6 Å². The summed E-state index contributed by atoms with van der Waals surface area (Å²) in [6.07, 6.45) is 0. The summed E-state index contributed by atoms with van der Waals surface area (Å²) in [5.74, 6) is 0.0237. The first-order valence-corrected chi connectivity index (χ1v) is 9.79. The monoisotopic (exact) mass is 357 g/mol. The molecule has 1 aromatic heterocycles. The summed E-state index contributed by atoms with van der Waals surface area (Å²) in [6, 6.07) is 8.46. The average molecular weight is 358 g/mol. The Hall–Kier alpha value is -1.69. The van der Waals surface area contributed by atoms with E-state index in [2.05, 4.69) is 39.0 Å². The minimum atomic E-state index is 0.0237. The molecule has 2 heterocycles. The summed E-state index contributed by atoms with van der Waals surface area (Å²) in [5, 5.41) is 7.49. The predicted octanol–water partition coefficient (Wildman–Crippen LogP) is 3.08. The average Bonchev–Trinajstić information content (AvgIpc) is 3.13. The van der Waals surface area contributed by atoms with E-state index < -0.39 is 0 Å². The van der Waals surface area contributed by atoms with Gasteiger partial charge in [0.2, 0.25) is 0 Å². The second-order valence-corrected chi connectivity index (χ2v) is 7.72. The van der Waals surface area contributed by atoms with Crippen molar-refractivity contribution in [2.45, 2.75) is 19.9 Å². The van der Waals surface area contributed by atoms with Crippen molar-refractivity contribution < 1.29 is 4.79 Å². The Morgan fingerprint density at radius 1 is 1.20 bits per heavy atom. The van der Waals surface area contributed by atoms with Crippen molar-refractivity contribution in [2.24, 2.45) is 0 Å². The van der Waals surface area contributed by atoms with Crippen molar-refractivity contribution in [3.8, 4) is 0 Å². The molecule has 0 spiro atoms. The molecule has 1 fully saturated rings. The number of nitrogens with one attached hydrogen (secondary N) is 1. The van der Waals surface area contributed by atoms with Crippen LogP contribution >= 0.6 is 11.3 Å². The molecule has 1 atom stereocenters. The van der Waals surface area contributed by atoms with Gasteiger partial charge in [-0.15, -0.1) is 0 Å². The number of piperazine rings is 1. The highest BCUT2D eigenvalue weighted by atomic mass is 32.1. The number of rotatable bonds is 5. The molecular formula is C20H27N3OS. The van der Waals surface area contributed by atoms with Crippen molar-refractivity contribution >= 4 is 17.2 Å². The number of carbonyl (C=O) groups is 1. The summed E-state index contributed by atoms with van der Waals surface area (Å²) in [6.45, 7) is 8.89. The maximum atomic E-state index is 12.7. The lowest BCUT2D eigenvalue weighted by molar-refractivity contribution is 0.0886. The molecule has 1 amide bonds. The van der Waals surface area contributed by atoms with Gasteiger partial charge in [-0.25, -0.2) is 0 Å². The molecular weight excluding hydrogens is 330 g/mol. The summed E-state index contributed by atoms with van der Waals surface area (Å²) in [7, 11) is 2.17. The highest BCUT2D eigenvalue weighted by Crippen LogP contribution is 2.24. The summed E-state index contributed by atoms with van der Waals surface area (Å²) in [4.78, 5) is 17.5. The van der Waals surface area contributed by atoms with Crippen molar-refractivity contribution in [1.82, 2.24) is 15.1 Å². The largest absolute Gasteiger partial charge is 0.350 e. The zero-order valence-corrected chi connectivity index (χ0v) is 16.1. The number of carbonyl (C=O) groups excluding carboxylic acids is 1. The fourth-order valence-electron chi connectivity index (χ4n) is 3.32. The standard InChI is InChI=1S/C20H27N3OS/c1-15-4-5-16(2)18(12-15)20(24)21-13-19(17-6-11-25-14-17)23-9-7-22(3)8-10-23/h4-6,11-12,14,19H,7-10,13H2,1-3H3,(H,21,24). The van der Waals surface area contributed by atoms with E-state index >= 15 is 0 Å². The van der Waals surface area contributed by atoms with Crippen molar-refractivity contribution in [2.75, 3.05) is 39.8 Å². The molecule has 134 valence electrons. The predicted molar refractivity (Wildman–Crippen MR) is 104 cm³/mol. The summed E-state index contributed by atoms with van der Waals surface area (Å²) < 4.78 is 0. The fourth-order valence-corrected chi connectivity index (χ4v) is 4.03. The molecule has 1 unspecified atom stereocenters. The van der Waals surface area contributed by atoms with Crippen LogP contribution < -0.4 is 5.32 Å². The van der Waals surface area contributed by atoms with E-state index in [9.17, 15) is 4.79 Å². The van der Waals surface area contributed by atoms with Gasteiger partial charge in [0.1, 0.15) is 0 Å². The molecule has 0 aliphatic carbocycles. The van der Waals surface area contributed by atoms with Gasteiger partial charge >= 0.3 is 0 Å². The van der Waals surface area contributed by atoms with Crippen LogP contribution in [0.1, 0.15) is 33.1 Å². The van der Waals surface area contributed by atoms with Gasteiger partial charge < -0.3 is 10.2 Å². The van der Waals surface area contributed by atoms with E-state index in [4.69, 9.17) is 0 Å². The molecule has 4 nitrogen and oxygen atoms in total. The Labute approximate surface area is 154 Å². The van der Waals surface area contributed by atoms with Gasteiger partial charge in [0.25, 0.3) is 5.91 Å². The smallest absolute Gasteiger partial charge is 0.251 e. The molecule has 0 bridgehead atoms. The third kappa shape index (κ3) is 4.48. The molecule has 0 radical (unpaired) electrons. The van der Waals surface area contributed by atoms with Crippen LogP contribution in [0, 0.1) is 13.8 Å². The SMILES string of the molecule is Cc1ccc(C)c(C(=O)NCC(c2ccsc2)N2CCN(C)CC2)c1. The Bertz CT molecular complexity index is 706. The van der Waals surface area contributed by atoms with Gasteiger partial charge in [-0.1, -0.05) is 17.7 Å². The van der Waals surface area contributed by atoms with Crippen molar-refractivity contribution in [3.63, 3.8) is 0 Å². The third-order valence-corrected chi connectivity index (χ3v) is 5.70. The van der Waals surface area contributed by atoms with Crippen LogP contribution in [0.15, 0.2) is 35.0 Å². The fraction of sp³-hybridized carbons (Fsp3) is 0.450. The minimum absolute atomic E-state index is 0.0237. The molecule has 3 rings (SSSR count). The molecule has 0 saturated carbocycles. The number of amides is 1. The zero-order valence-electron chi connectivity index (χ0n) is 15.3. The number of aryl methyl sites for hydroxylation is 2. The van der Waals surface area contributed by atoms with E-state index in [-0.39, 0.29) is 11.9 Å². The van der Waals surface area contributed by atoms with Gasteiger partial charge in [-0.3, -0.25) is 9.69 Å². The zero-order chi connectivity index (χ0) is 17.8. The van der Waals surface area contributed by atoms with Gasteiger partial charge in [0.15, 0.2) is 0 Å². The first kappa shape index (κ1) is 18.1. The maximum absolute atomic E-state index is 12.7. The second-order valence-electron chi connectivity index (χ2n) is 6.94. The number of likely N-dealkylation sites (N-methyl/N-ethyl adjacent to an activating group) is 1. The van der Waals surface area contributed by atoms with E-state index in [0.717, 1.165) is 42.9 Å². The first-order valence-electron chi connectivity index (χ1n) is 8.85. The molecule has 25 heavy (non-hydrogen) atoms. The summed E-state index contributed by atoms with van der Waals surface area (Å²) >= 11 is 1.72. The van der Waals surface area contributed by atoms with Crippen LogP contribution in [-0.2, 0) is 0 Å². The Morgan fingerprint density at radius 2 is 1.96 bits per heavy atom. The Balaban J connectivity index is 1.70. The lowest BCUT2D eigenvalue weighted by Crippen LogP contribution is -2.48. The number of hydrogen-bond donors (Lipinski definition) is 1. The van der Waals surface area contributed by atoms with Gasteiger partial charge in [-0.2, -0.15) is 11.3 Å². The van der Waals surface area contributed by atoms with Crippen LogP contribution in [0.4, 0.5) is 0 Å². The first-order chi connectivity index (χ1) is 12.0. The quantitative estimate of drug-likeness (QED) is 0.893. The summed E-state index contributed by atoms with van der Waals surface area (Å²) in [5.41, 5.74) is 4.22. The molecule has 1 N–H and O–H groups in total. The van der Waals surface area contributed by atoms with Gasteiger partial charge in [0, 0.05) is 38.3 Å². The highest BCUT2D eigenvalue weighted by Gasteiger charge is 2.25. The van der Waals surface area contributed by atoms with Crippen LogP contribution in [-0.4, -0.2) is 55.5 Å². The number of nitrogens with zero attached hydrogens (tertiary/aromatic N) is 2. The van der Waals surface area contributed by atoms with E-state index in [0.29, 0.717) is 6.54 Å². The Morgan fingerprint density at radius 3 is 2.64 bits per heavy atom. The third-order valence-electron chi connectivity index (χ3n) is 5.00.